The molecular weight excluding hydrogens is 1110 g/mol. The van der Waals surface area contributed by atoms with Crippen molar-refractivity contribution in [1.29, 1.82) is 0 Å². The van der Waals surface area contributed by atoms with Crippen molar-refractivity contribution in [2.45, 2.75) is 102 Å². The molecule has 78 heavy (non-hydrogen) atoms. The van der Waals surface area contributed by atoms with Crippen LogP contribution in [0.5, 0.6) is 0 Å². The van der Waals surface area contributed by atoms with Crippen molar-refractivity contribution < 1.29 is 107 Å². The molecule has 2 aliphatic rings. The molecule has 18 nitrogen and oxygen atoms in total. The Balaban J connectivity index is 0.000000826. The summed E-state index contributed by atoms with van der Waals surface area (Å²) in [6, 6.07) is 16.3. The van der Waals surface area contributed by atoms with Gasteiger partial charge in [-0.1, -0.05) is 60.7 Å². The van der Waals surface area contributed by atoms with E-state index in [1.807, 2.05) is 130 Å². The first-order chi connectivity index (χ1) is 35.9. The number of rotatable bonds is 21. The molecule has 0 aliphatic carbocycles. The molecule has 2 N–H and O–H groups in total. The predicted octanol–water partition coefficient (Wildman–Crippen LogP) is 9.62. The molecule has 4 aromatic rings. The number of aryl methyl sites for hydroxylation is 4. The number of amides is 4. The molecule has 32 heteroatoms. The summed E-state index contributed by atoms with van der Waals surface area (Å²) >= 11 is 0. The summed E-state index contributed by atoms with van der Waals surface area (Å²) in [5.41, 5.74) is 1.54. The van der Waals surface area contributed by atoms with Crippen LogP contribution in [-0.4, -0.2) is 105 Å². The third-order valence-corrected chi connectivity index (χ3v) is 11.1. The quantitative estimate of drug-likeness (QED) is 0.0203. The van der Waals surface area contributed by atoms with Crippen LogP contribution in [0.1, 0.15) is 62.5 Å². The molecule has 0 radical (unpaired) electrons. The molecule has 2 aromatic heterocycles. The zero-order valence-electron chi connectivity index (χ0n) is 42.1. The van der Waals surface area contributed by atoms with E-state index in [0.717, 1.165) is 37.1 Å². The van der Waals surface area contributed by atoms with Crippen LogP contribution in [0.2, 0.25) is 0 Å². The van der Waals surface area contributed by atoms with E-state index in [4.69, 9.17) is 18.9 Å². The molecule has 0 unspecified atom stereocenters. The van der Waals surface area contributed by atoms with Crippen molar-refractivity contribution in [3.8, 4) is 0 Å². The fraction of sp³-hybridized carbons (Fsp3) is 0.478. The number of ether oxygens (including phenoxy) is 4. The van der Waals surface area contributed by atoms with E-state index in [0.29, 0.717) is 12.8 Å². The number of imidazole rings is 2. The molecule has 4 heterocycles. The standard InChI is InChI=1S/C46H58N8O10.2F6P/c1-49-23-25-51(33-49)21-11-9-17-41(55)63-37-27-39(53(29-37)45(59)61-31-35-13-5-3-6-14-35)43(57)47-19-20-48-44(58)40-28-38(30-54(40)46(60)62-32-36-15-7-4-8-16-36)64-42(56)18-10-12-22-52-26-24-50(2)34-52;2*1-7(2,3,4,5)6/h3-8,13-16,23-26,33-34,37-40H,9-12,17-22,27-32H2,1-2H3;;/q;2*-1/p+2/t37-,38-,39+,40+;;/m1../s1. The van der Waals surface area contributed by atoms with Crippen LogP contribution >= 0.6 is 15.6 Å². The van der Waals surface area contributed by atoms with Gasteiger partial charge in [-0.3, -0.25) is 29.0 Å². The maximum atomic E-state index is 13.6. The van der Waals surface area contributed by atoms with Crippen LogP contribution in [0.3, 0.4) is 0 Å². The number of carbonyl (C=O) groups excluding carboxylic acids is 6. The van der Waals surface area contributed by atoms with Crippen LogP contribution in [0.15, 0.2) is 98.1 Å². The predicted molar refractivity (Wildman–Crippen MR) is 255 cm³/mol. The summed E-state index contributed by atoms with van der Waals surface area (Å²) in [7, 11) is -17.4. The van der Waals surface area contributed by atoms with Crippen LogP contribution in [0, 0.1) is 0 Å². The topological polar surface area (TPSA) is 188 Å². The molecule has 0 saturated carbocycles. The number of nitrogens with zero attached hydrogens (tertiary/aromatic N) is 6. The average molecular weight is 1170 g/mol. The molecular formula is C46H60F12N8O10P2. The van der Waals surface area contributed by atoms with Gasteiger partial charge in [-0.15, -0.1) is 0 Å². The monoisotopic (exact) mass is 1170 g/mol. The van der Waals surface area contributed by atoms with Crippen LogP contribution < -0.4 is 19.8 Å². The number of likely N-dealkylation sites (tertiary alicyclic amines) is 2. The number of esters is 2. The Morgan fingerprint density at radius 3 is 1.18 bits per heavy atom. The Kier molecular flexibility index (Phi) is 20.8. The van der Waals surface area contributed by atoms with Gasteiger partial charge in [0.05, 0.1) is 40.3 Å². The fourth-order valence-corrected chi connectivity index (χ4v) is 7.76. The number of unbranched alkanes of at least 4 members (excludes halogenated alkanes) is 2. The summed E-state index contributed by atoms with van der Waals surface area (Å²) in [6.07, 6.45) is 12.1. The van der Waals surface area contributed by atoms with Crippen molar-refractivity contribution >= 4 is 51.6 Å². The zero-order valence-corrected chi connectivity index (χ0v) is 43.8. The Morgan fingerprint density at radius 2 is 0.872 bits per heavy atom. The third kappa shape index (κ3) is 28.6. The van der Waals surface area contributed by atoms with Gasteiger partial charge in [0.15, 0.2) is 0 Å². The molecule has 0 spiro atoms. The first-order valence-corrected chi connectivity index (χ1v) is 28.0. The van der Waals surface area contributed by atoms with E-state index in [2.05, 4.69) is 10.6 Å². The van der Waals surface area contributed by atoms with Gasteiger partial charge in [-0.2, -0.15) is 0 Å². The molecule has 2 aromatic carbocycles. The van der Waals surface area contributed by atoms with E-state index in [1.165, 1.54) is 9.80 Å². The molecule has 0 bridgehead atoms. The number of hydrogen-bond acceptors (Lipinski definition) is 10. The number of aromatic nitrogens is 4. The van der Waals surface area contributed by atoms with E-state index in [9.17, 15) is 79.1 Å². The van der Waals surface area contributed by atoms with Crippen LogP contribution in [0.4, 0.5) is 60.0 Å². The van der Waals surface area contributed by atoms with Gasteiger partial charge in [-0.25, -0.2) is 27.9 Å². The molecule has 2 aliphatic heterocycles. The second-order valence-corrected chi connectivity index (χ2v) is 22.0. The molecule has 4 atom stereocenters. The summed E-state index contributed by atoms with van der Waals surface area (Å²) in [4.78, 5) is 82.1. The summed E-state index contributed by atoms with van der Waals surface area (Å²) < 4.78 is 149. The van der Waals surface area contributed by atoms with Gasteiger partial charge in [0, 0.05) is 38.8 Å². The minimum atomic E-state index is -10.7. The minimum absolute atomic E-state index is 0.00748. The normalized spacial score (nSPS) is 18.9. The number of nitrogens with one attached hydrogen (secondary N) is 2. The van der Waals surface area contributed by atoms with E-state index in [-0.39, 0.29) is 65.1 Å². The number of carbonyl (C=O) groups is 6. The molecule has 438 valence electrons. The first kappa shape index (κ1) is 63.8. The first-order valence-electron chi connectivity index (χ1n) is 23.9. The van der Waals surface area contributed by atoms with Gasteiger partial charge in [0.25, 0.3) is 0 Å². The fourth-order valence-electron chi connectivity index (χ4n) is 7.76. The van der Waals surface area contributed by atoms with E-state index < -0.39 is 75.8 Å². The Morgan fingerprint density at radius 1 is 0.538 bits per heavy atom. The Labute approximate surface area is 439 Å². The van der Waals surface area contributed by atoms with Crippen molar-refractivity contribution in [3.05, 3.63) is 109 Å². The van der Waals surface area contributed by atoms with Gasteiger partial charge in [0.1, 0.15) is 62.3 Å². The van der Waals surface area contributed by atoms with Crippen molar-refractivity contribution in [2.75, 3.05) is 26.2 Å². The van der Waals surface area contributed by atoms with Crippen molar-refractivity contribution in [2.24, 2.45) is 14.1 Å². The SMILES string of the molecule is C[n+]1ccn(CCCCC(=O)O[C@@H]2C[C@@H](C(=O)NCCNC(=O)[C@@H]3C[C@@H](OC(=O)CCCCn4cc[n+](C)c4)CN3C(=O)OCc3ccccc3)N(C(=O)OCc3ccccc3)C2)c1.F[P-](F)(F)(F)(F)F.F[P-](F)(F)(F)(F)F. The number of benzene rings is 2. The van der Waals surface area contributed by atoms with Crippen molar-refractivity contribution in [1.82, 2.24) is 29.6 Å². The van der Waals surface area contributed by atoms with E-state index >= 15 is 0 Å². The molecule has 2 fully saturated rings. The van der Waals surface area contributed by atoms with Crippen LogP contribution in [-0.2, 0) is 78.5 Å². The second-order valence-electron chi connectivity index (χ2n) is 18.2. The molecule has 2 saturated heterocycles. The van der Waals surface area contributed by atoms with Crippen molar-refractivity contribution in [3.63, 3.8) is 0 Å². The maximum absolute atomic E-state index is 13.6. The number of halogens is 12. The molecule has 4 amide bonds. The summed E-state index contributed by atoms with van der Waals surface area (Å²) in [6.45, 7) is 1.43. The zero-order chi connectivity index (χ0) is 58.1. The second kappa shape index (κ2) is 25.4. The Bertz CT molecular complexity index is 2450. The number of hydrogen-bond donors (Lipinski definition) is 2. The van der Waals surface area contributed by atoms with Gasteiger partial charge in [-0.05, 0) is 36.8 Å². The van der Waals surface area contributed by atoms with Crippen LogP contribution in [0.25, 0.3) is 0 Å². The molecule has 6 rings (SSSR count). The average Bonchev–Trinajstić information content (AvgIpc) is 4.15. The van der Waals surface area contributed by atoms with Gasteiger partial charge >= 0.3 is 90.1 Å². The van der Waals surface area contributed by atoms with E-state index in [1.54, 1.807) is 0 Å². The summed E-state index contributed by atoms with van der Waals surface area (Å²) in [5, 5.41) is 5.56. The third-order valence-electron chi connectivity index (χ3n) is 11.1. The van der Waals surface area contributed by atoms with Gasteiger partial charge < -0.3 is 29.6 Å². The summed E-state index contributed by atoms with van der Waals surface area (Å²) in [5.74, 6) is -1.84. The van der Waals surface area contributed by atoms with Gasteiger partial charge in [0.2, 0.25) is 24.5 Å². The Hall–Kier alpha value is -6.70.